The van der Waals surface area contributed by atoms with Gasteiger partial charge in [0, 0.05) is 23.8 Å². The van der Waals surface area contributed by atoms with Gasteiger partial charge in [-0.15, -0.1) is 0 Å². The van der Waals surface area contributed by atoms with Gasteiger partial charge in [0.05, 0.1) is 29.3 Å². The summed E-state index contributed by atoms with van der Waals surface area (Å²) in [4.78, 5) is 43.7. The van der Waals surface area contributed by atoms with E-state index >= 15 is 0 Å². The third-order valence-corrected chi connectivity index (χ3v) is 7.02. The maximum atomic E-state index is 13.5. The van der Waals surface area contributed by atoms with Crippen LogP contribution in [0.4, 0.5) is 0 Å². The minimum absolute atomic E-state index is 0.0196. The van der Waals surface area contributed by atoms with Gasteiger partial charge >= 0.3 is 0 Å². The molecule has 0 radical (unpaired) electrons. The molecule has 2 aliphatic rings. The summed E-state index contributed by atoms with van der Waals surface area (Å²) in [6.07, 6.45) is 1.72. The number of rotatable bonds is 8. The van der Waals surface area contributed by atoms with Crippen LogP contribution in [0.3, 0.4) is 0 Å². The third kappa shape index (κ3) is 5.10. The Kier molecular flexibility index (Phi) is 6.97. The Morgan fingerprint density at radius 2 is 1.94 bits per heavy atom. The summed E-state index contributed by atoms with van der Waals surface area (Å²) < 4.78 is 18.0. The summed E-state index contributed by atoms with van der Waals surface area (Å²) in [5, 5.41) is 3.69. The van der Waals surface area contributed by atoms with Crippen molar-refractivity contribution in [1.29, 1.82) is 0 Å². The monoisotopic (exact) mass is 509 g/mol. The molecule has 36 heavy (non-hydrogen) atoms. The van der Waals surface area contributed by atoms with Gasteiger partial charge in [-0.05, 0) is 63.1 Å². The lowest BCUT2D eigenvalue weighted by atomic mass is 10.1. The highest BCUT2D eigenvalue weighted by Crippen LogP contribution is 2.33. The van der Waals surface area contributed by atoms with E-state index in [1.165, 1.54) is 11.8 Å². The zero-order valence-corrected chi connectivity index (χ0v) is 20.9. The minimum atomic E-state index is -0.232. The summed E-state index contributed by atoms with van der Waals surface area (Å²) in [5.41, 5.74) is 1.11. The number of carbonyl (C=O) groups excluding carboxylic acids is 2. The zero-order valence-electron chi connectivity index (χ0n) is 20.1. The van der Waals surface area contributed by atoms with Crippen LogP contribution < -0.4 is 20.3 Å². The summed E-state index contributed by atoms with van der Waals surface area (Å²) >= 11 is 1.19. The molecule has 0 bridgehead atoms. The van der Waals surface area contributed by atoms with Crippen molar-refractivity contribution in [3.8, 4) is 11.5 Å². The molecule has 0 spiro atoms. The molecule has 1 N–H and O–H groups in total. The molecule has 1 amide bonds. The molecule has 1 fully saturated rings. The maximum absolute atomic E-state index is 13.5. The predicted octanol–water partition coefficient (Wildman–Crippen LogP) is 3.42. The number of ether oxygens (including phenoxy) is 3. The van der Waals surface area contributed by atoms with Crippen molar-refractivity contribution in [2.24, 2.45) is 0 Å². The predicted molar refractivity (Wildman–Crippen MR) is 135 cm³/mol. The molecule has 2 aromatic carbocycles. The number of Topliss-reactive ketones (excluding diaryl/α,β-unsaturated/α-hetero) is 1. The Labute approximate surface area is 212 Å². The molecule has 0 aliphatic carbocycles. The normalized spacial score (nSPS) is 16.6. The van der Waals surface area contributed by atoms with Gasteiger partial charge in [0.25, 0.3) is 11.5 Å². The topological polar surface area (TPSA) is 109 Å². The summed E-state index contributed by atoms with van der Waals surface area (Å²) in [6, 6.07) is 9.95. The lowest BCUT2D eigenvalue weighted by Crippen LogP contribution is -2.31. The molecule has 1 atom stereocenters. The molecule has 9 nitrogen and oxygen atoms in total. The van der Waals surface area contributed by atoms with Crippen LogP contribution in [-0.2, 0) is 11.3 Å². The van der Waals surface area contributed by atoms with Crippen LogP contribution in [0.5, 0.6) is 11.5 Å². The average molecular weight is 510 g/mol. The van der Waals surface area contributed by atoms with E-state index in [-0.39, 0.29) is 41.9 Å². The van der Waals surface area contributed by atoms with Gasteiger partial charge in [0.15, 0.2) is 22.4 Å². The molecular formula is C26H27N3O6S. The number of fused-ring (bicyclic) bond motifs is 2. The van der Waals surface area contributed by atoms with Crippen LogP contribution in [0.1, 0.15) is 47.4 Å². The van der Waals surface area contributed by atoms with Gasteiger partial charge in [-0.1, -0.05) is 11.8 Å². The first-order chi connectivity index (χ1) is 17.4. The highest BCUT2D eigenvalue weighted by Gasteiger charge is 2.22. The van der Waals surface area contributed by atoms with E-state index in [2.05, 4.69) is 5.32 Å². The van der Waals surface area contributed by atoms with Gasteiger partial charge in [0.2, 0.25) is 6.79 Å². The van der Waals surface area contributed by atoms with E-state index in [1.54, 1.807) is 41.0 Å². The SMILES string of the molecule is CC(C)NC(=O)c1ccc2c(=O)n(C[C@@H]3CCCO3)c(SCC(=O)c3ccc4c(c3)OCO4)nc2c1. The van der Waals surface area contributed by atoms with Gasteiger partial charge in [-0.2, -0.15) is 0 Å². The van der Waals surface area contributed by atoms with Gasteiger partial charge < -0.3 is 19.5 Å². The highest BCUT2D eigenvalue weighted by atomic mass is 32.2. The minimum Gasteiger partial charge on any atom is -0.454 e. The Morgan fingerprint density at radius 3 is 2.72 bits per heavy atom. The molecule has 1 saturated heterocycles. The highest BCUT2D eigenvalue weighted by molar-refractivity contribution is 7.99. The van der Waals surface area contributed by atoms with E-state index < -0.39 is 0 Å². The molecule has 2 aliphatic heterocycles. The van der Waals surface area contributed by atoms with Crippen LogP contribution in [0.25, 0.3) is 10.9 Å². The Hall–Kier alpha value is -3.37. The number of carbonyl (C=O) groups is 2. The second-order valence-corrected chi connectivity index (χ2v) is 10.0. The van der Waals surface area contributed by atoms with Gasteiger partial charge in [0.1, 0.15) is 0 Å². The van der Waals surface area contributed by atoms with Crippen LogP contribution in [0.15, 0.2) is 46.3 Å². The second-order valence-electron chi connectivity index (χ2n) is 9.09. The van der Waals surface area contributed by atoms with Crippen molar-refractivity contribution in [3.63, 3.8) is 0 Å². The van der Waals surface area contributed by atoms with E-state index in [0.717, 1.165) is 12.8 Å². The average Bonchev–Trinajstić information content (AvgIpc) is 3.55. The first-order valence-corrected chi connectivity index (χ1v) is 12.9. The van der Waals surface area contributed by atoms with Crippen molar-refractivity contribution >= 4 is 34.4 Å². The standard InChI is InChI=1S/C26H27N3O6S/c1-15(2)27-24(31)17-5-7-19-20(10-17)28-26(29(25(19)32)12-18-4-3-9-33-18)36-13-21(30)16-6-8-22-23(11-16)35-14-34-22/h5-8,10-11,15,18H,3-4,9,12-14H2,1-2H3,(H,27,31)/t18-/m0/s1. The molecule has 0 unspecified atom stereocenters. The van der Waals surface area contributed by atoms with Crippen molar-refractivity contribution in [2.75, 3.05) is 19.2 Å². The molecule has 5 rings (SSSR count). The first kappa shape index (κ1) is 24.3. The van der Waals surface area contributed by atoms with Crippen molar-refractivity contribution < 1.29 is 23.8 Å². The molecule has 3 heterocycles. The van der Waals surface area contributed by atoms with Crippen LogP contribution in [-0.4, -0.2) is 52.5 Å². The van der Waals surface area contributed by atoms with Crippen molar-refractivity contribution in [2.45, 2.75) is 50.5 Å². The van der Waals surface area contributed by atoms with E-state index in [1.807, 2.05) is 13.8 Å². The van der Waals surface area contributed by atoms with Gasteiger partial charge in [-0.25, -0.2) is 4.98 Å². The molecule has 188 valence electrons. The molecule has 10 heteroatoms. The number of amides is 1. The zero-order chi connectivity index (χ0) is 25.2. The fraction of sp³-hybridized carbons (Fsp3) is 0.385. The summed E-state index contributed by atoms with van der Waals surface area (Å²) in [5.74, 6) is 0.873. The van der Waals surface area contributed by atoms with E-state index in [0.29, 0.717) is 51.8 Å². The number of hydrogen-bond donors (Lipinski definition) is 1. The second kappa shape index (κ2) is 10.3. The fourth-order valence-corrected chi connectivity index (χ4v) is 5.14. The third-order valence-electron chi connectivity index (χ3n) is 6.04. The lowest BCUT2D eigenvalue weighted by Gasteiger charge is -2.17. The Balaban J connectivity index is 1.46. The molecule has 1 aromatic heterocycles. The number of nitrogens with zero attached hydrogens (tertiary/aromatic N) is 2. The largest absolute Gasteiger partial charge is 0.454 e. The number of ketones is 1. The maximum Gasteiger partial charge on any atom is 0.262 e. The van der Waals surface area contributed by atoms with Crippen LogP contribution in [0, 0.1) is 0 Å². The quantitative estimate of drug-likeness (QED) is 0.280. The summed E-state index contributed by atoms with van der Waals surface area (Å²) in [7, 11) is 0. The number of nitrogens with one attached hydrogen (secondary N) is 1. The first-order valence-electron chi connectivity index (χ1n) is 11.9. The van der Waals surface area contributed by atoms with Crippen molar-refractivity contribution in [1.82, 2.24) is 14.9 Å². The van der Waals surface area contributed by atoms with Crippen LogP contribution in [0.2, 0.25) is 0 Å². The van der Waals surface area contributed by atoms with Gasteiger partial charge in [-0.3, -0.25) is 19.0 Å². The number of thioether (sulfide) groups is 1. The molecular weight excluding hydrogens is 482 g/mol. The fourth-order valence-electron chi connectivity index (χ4n) is 4.23. The van der Waals surface area contributed by atoms with E-state index in [9.17, 15) is 14.4 Å². The number of aromatic nitrogens is 2. The lowest BCUT2D eigenvalue weighted by molar-refractivity contribution is 0.0936. The van der Waals surface area contributed by atoms with Crippen LogP contribution >= 0.6 is 11.8 Å². The summed E-state index contributed by atoms with van der Waals surface area (Å²) in [6.45, 7) is 4.92. The Morgan fingerprint density at radius 1 is 1.14 bits per heavy atom. The molecule has 3 aromatic rings. The number of benzene rings is 2. The Bertz CT molecular complexity index is 1380. The van der Waals surface area contributed by atoms with Crippen molar-refractivity contribution in [3.05, 3.63) is 57.9 Å². The van der Waals surface area contributed by atoms with E-state index in [4.69, 9.17) is 19.2 Å². The molecule has 0 saturated carbocycles. The number of hydrogen-bond acceptors (Lipinski definition) is 8. The smallest absolute Gasteiger partial charge is 0.262 e.